The van der Waals surface area contributed by atoms with E-state index >= 15 is 0 Å². The molecule has 3 aromatic rings. The van der Waals surface area contributed by atoms with E-state index in [1.807, 2.05) is 0 Å². The minimum Gasteiger partial charge on any atom is -0.480 e. The minimum atomic E-state index is -2.29. The largest absolute Gasteiger partial charge is 0.480 e. The van der Waals surface area contributed by atoms with Gasteiger partial charge in [0.1, 0.15) is 50.9 Å². The van der Waals surface area contributed by atoms with Gasteiger partial charge in [0.25, 0.3) is 11.3 Å². The van der Waals surface area contributed by atoms with Crippen LogP contribution in [0.4, 0.5) is 5.69 Å². The van der Waals surface area contributed by atoms with Crippen molar-refractivity contribution in [1.29, 1.82) is 0 Å². The van der Waals surface area contributed by atoms with Crippen molar-refractivity contribution in [2.24, 2.45) is 0 Å². The number of carbonyl (C=O) groups excluding carboxylic acids is 2. The summed E-state index contributed by atoms with van der Waals surface area (Å²) in [6.45, 7) is -3.85. The van der Waals surface area contributed by atoms with Gasteiger partial charge in [0.2, 0.25) is 11.8 Å². The van der Waals surface area contributed by atoms with E-state index in [1.165, 1.54) is 33.9 Å². The highest BCUT2D eigenvalue weighted by atomic mass is 32.2. The number of rotatable bonds is 20. The van der Waals surface area contributed by atoms with Crippen LogP contribution in [-0.2, 0) is 72.8 Å². The van der Waals surface area contributed by atoms with Gasteiger partial charge in [-0.1, -0.05) is 12.1 Å². The third kappa shape index (κ3) is 11.9. The van der Waals surface area contributed by atoms with Gasteiger partial charge in [-0.05, 0) is 17.7 Å². The van der Waals surface area contributed by atoms with E-state index < -0.39 is 86.2 Å². The molecule has 1 atom stereocenters. The predicted octanol–water partition coefficient (Wildman–Crippen LogP) is -1.17. The fourth-order valence-electron chi connectivity index (χ4n) is 4.49. The number of carbonyl (C=O) groups is 6. The number of hydrogen-bond donors (Lipinski definition) is 6. The van der Waals surface area contributed by atoms with E-state index in [-0.39, 0.29) is 19.6 Å². The summed E-state index contributed by atoms with van der Waals surface area (Å²) >= 11 is -2.29. The first-order chi connectivity index (χ1) is 22.7. The van der Waals surface area contributed by atoms with Gasteiger partial charge < -0.3 is 39.4 Å². The fourth-order valence-corrected chi connectivity index (χ4v) is 4.82. The summed E-state index contributed by atoms with van der Waals surface area (Å²) in [6.07, 6.45) is 5.71. The molecule has 0 aliphatic heterocycles. The summed E-state index contributed by atoms with van der Waals surface area (Å²) in [6, 6.07) is 6.50. The van der Waals surface area contributed by atoms with Crippen LogP contribution >= 0.6 is 0 Å². The molecule has 48 heavy (non-hydrogen) atoms. The summed E-state index contributed by atoms with van der Waals surface area (Å²) in [7, 11) is 0. The van der Waals surface area contributed by atoms with Crippen molar-refractivity contribution in [3.8, 4) is 0 Å². The Balaban J connectivity index is 1.87. The quantitative estimate of drug-likeness (QED) is 0.0761. The number of nitrogens with zero attached hydrogens (tertiary/aromatic N) is 7. The van der Waals surface area contributed by atoms with Crippen molar-refractivity contribution >= 4 is 52.6 Å². The maximum Gasteiger partial charge on any atom is 0.323 e. The first-order valence-electron chi connectivity index (χ1n) is 13.8. The zero-order valence-electron chi connectivity index (χ0n) is 25.1. The lowest BCUT2D eigenvalue weighted by atomic mass is 10.2. The lowest BCUT2D eigenvalue weighted by molar-refractivity contribution is -0.150. The second-order valence-electron chi connectivity index (χ2n) is 10.2. The SMILES string of the molecule is O=C(O)CN(CC(=O)O)C(=O)Cn1ccnc1CN(Cc1ccc(NS(=O)O)cc1)Cc1nccn1CC(=O)N(CC(=O)O)CC(=O)O. The molecular weight excluding hydrogens is 660 g/mol. The smallest absolute Gasteiger partial charge is 0.323 e. The van der Waals surface area contributed by atoms with Crippen LogP contribution in [0.15, 0.2) is 49.1 Å². The van der Waals surface area contributed by atoms with E-state index in [0.717, 1.165) is 5.56 Å². The summed E-state index contributed by atoms with van der Waals surface area (Å²) in [5.41, 5.74) is 1.09. The lowest BCUT2D eigenvalue weighted by Crippen LogP contribution is -2.41. The maximum absolute atomic E-state index is 12.9. The van der Waals surface area contributed by atoms with E-state index in [2.05, 4.69) is 14.7 Å². The molecule has 0 radical (unpaired) electrons. The average Bonchev–Trinajstić information content (AvgIpc) is 3.60. The van der Waals surface area contributed by atoms with Gasteiger partial charge >= 0.3 is 23.9 Å². The van der Waals surface area contributed by atoms with Gasteiger partial charge in [0, 0.05) is 37.0 Å². The van der Waals surface area contributed by atoms with Gasteiger partial charge in [-0.2, -0.15) is 0 Å². The molecule has 0 saturated heterocycles. The second kappa shape index (κ2) is 17.3. The van der Waals surface area contributed by atoms with E-state index in [0.29, 0.717) is 27.1 Å². The molecule has 2 amide bonds. The van der Waals surface area contributed by atoms with Crippen molar-refractivity contribution in [1.82, 2.24) is 33.8 Å². The van der Waals surface area contributed by atoms with Crippen LogP contribution in [0.5, 0.6) is 0 Å². The van der Waals surface area contributed by atoms with Gasteiger partial charge in [-0.3, -0.25) is 42.9 Å². The van der Waals surface area contributed by atoms with Crippen LogP contribution in [0.1, 0.15) is 17.2 Å². The van der Waals surface area contributed by atoms with Crippen molar-refractivity contribution in [3.05, 3.63) is 66.3 Å². The maximum atomic E-state index is 12.9. The Morgan fingerprint density at radius 2 is 1.06 bits per heavy atom. The Morgan fingerprint density at radius 3 is 1.42 bits per heavy atom. The summed E-state index contributed by atoms with van der Waals surface area (Å²) in [5, 5.41) is 36.5. The van der Waals surface area contributed by atoms with Crippen LogP contribution in [0.25, 0.3) is 0 Å². The zero-order valence-corrected chi connectivity index (χ0v) is 25.9. The number of imidazole rings is 2. The number of nitrogens with one attached hydrogen (secondary N) is 1. The molecule has 0 aliphatic rings. The van der Waals surface area contributed by atoms with Crippen molar-refractivity contribution in [2.75, 3.05) is 30.9 Å². The number of benzene rings is 1. The zero-order chi connectivity index (χ0) is 35.4. The number of hydrogen-bond acceptors (Lipinski definition) is 10. The van der Waals surface area contributed by atoms with Crippen molar-refractivity contribution in [2.45, 2.75) is 32.7 Å². The van der Waals surface area contributed by atoms with Crippen LogP contribution in [-0.4, -0.2) is 125 Å². The van der Waals surface area contributed by atoms with Crippen molar-refractivity contribution < 1.29 is 58.0 Å². The monoisotopic (exact) mass is 692 g/mol. The van der Waals surface area contributed by atoms with Gasteiger partial charge in [0.15, 0.2) is 0 Å². The molecule has 20 nitrogen and oxygen atoms in total. The standard InChI is InChI=1S/C27H32N8O12S/c36-22(34(14-24(38)39)15-25(40)41)12-32-7-5-28-20(32)10-31(9-18-1-3-19(4-2-18)30-48(46)47)11-21-29-6-8-33(21)13-23(37)35(16-26(42)43)17-27(44)45/h1-8,30H,9-17H2,(H,38,39)(H,40,41)(H,42,43)(H,44,45)(H,46,47). The summed E-state index contributed by atoms with van der Waals surface area (Å²) in [4.78, 5) is 82.3. The Bertz CT molecular complexity index is 1540. The number of anilines is 1. The highest BCUT2D eigenvalue weighted by molar-refractivity contribution is 7.80. The predicted molar refractivity (Wildman–Crippen MR) is 162 cm³/mol. The highest BCUT2D eigenvalue weighted by Crippen LogP contribution is 2.17. The topological polar surface area (TPSA) is 278 Å². The molecule has 0 fully saturated rings. The van der Waals surface area contributed by atoms with E-state index in [1.54, 1.807) is 29.2 Å². The molecule has 2 aromatic heterocycles. The van der Waals surface area contributed by atoms with Crippen molar-refractivity contribution in [3.63, 3.8) is 0 Å². The molecular formula is C27H32N8O12S. The first-order valence-corrected chi connectivity index (χ1v) is 14.9. The molecule has 2 heterocycles. The number of carboxylic acid groups (broad SMARTS) is 4. The number of amides is 2. The summed E-state index contributed by atoms with van der Waals surface area (Å²) < 4.78 is 25.4. The number of aliphatic carboxylic acids is 4. The van der Waals surface area contributed by atoms with Gasteiger partial charge in [-0.15, -0.1) is 0 Å². The Hall–Kier alpha value is -5.67. The molecule has 1 unspecified atom stereocenters. The third-order valence-corrected chi connectivity index (χ3v) is 6.93. The van der Waals surface area contributed by atoms with Crippen LogP contribution in [0.3, 0.4) is 0 Å². The molecule has 258 valence electrons. The number of aromatic nitrogens is 4. The van der Waals surface area contributed by atoms with Gasteiger partial charge in [0.05, 0.1) is 13.1 Å². The third-order valence-electron chi connectivity index (χ3n) is 6.52. The summed E-state index contributed by atoms with van der Waals surface area (Å²) in [5.74, 6) is -6.48. The first kappa shape index (κ1) is 36.8. The normalized spacial score (nSPS) is 11.5. The molecule has 0 bridgehead atoms. The number of carboxylic acids is 4. The molecule has 0 aliphatic carbocycles. The van der Waals surface area contributed by atoms with Crippen LogP contribution in [0, 0.1) is 0 Å². The van der Waals surface area contributed by atoms with E-state index in [4.69, 9.17) is 25.0 Å². The molecule has 1 aromatic carbocycles. The van der Waals surface area contributed by atoms with Crippen LogP contribution in [0.2, 0.25) is 0 Å². The average molecular weight is 693 g/mol. The van der Waals surface area contributed by atoms with Crippen LogP contribution < -0.4 is 4.72 Å². The van der Waals surface area contributed by atoms with Gasteiger partial charge in [-0.25, -0.2) is 14.2 Å². The molecule has 0 saturated carbocycles. The minimum absolute atomic E-state index is 0.0454. The highest BCUT2D eigenvalue weighted by Gasteiger charge is 2.24. The fraction of sp³-hybridized carbons (Fsp3) is 0.333. The second-order valence-corrected chi connectivity index (χ2v) is 10.9. The Morgan fingerprint density at radius 1 is 0.667 bits per heavy atom. The molecule has 0 spiro atoms. The molecule has 3 rings (SSSR count). The van der Waals surface area contributed by atoms with E-state index in [9.17, 15) is 33.0 Å². The Labute approximate surface area is 274 Å². The lowest BCUT2D eigenvalue weighted by Gasteiger charge is -2.24. The molecule has 6 N–H and O–H groups in total. The Kier molecular flexibility index (Phi) is 13.3. The molecule has 21 heteroatoms.